The molecule has 0 aliphatic carbocycles. The van der Waals surface area contributed by atoms with Crippen LogP contribution in [0.4, 0.5) is 0 Å². The topological polar surface area (TPSA) is 50.5 Å². The van der Waals surface area contributed by atoms with E-state index in [2.05, 4.69) is 42.0 Å². The molecule has 0 saturated carbocycles. The maximum Gasteiger partial charge on any atom is 0.125 e. The fraction of sp³-hybridized carbons (Fsp3) is 0.526. The van der Waals surface area contributed by atoms with Crippen molar-refractivity contribution < 1.29 is 9.84 Å². The Kier molecular flexibility index (Phi) is 5.53. The minimum absolute atomic E-state index is 0.268. The van der Waals surface area contributed by atoms with Crippen molar-refractivity contribution in [2.75, 3.05) is 19.6 Å². The first-order chi connectivity index (χ1) is 11.6. The summed E-state index contributed by atoms with van der Waals surface area (Å²) in [5.74, 6) is 1.04. The minimum Gasteiger partial charge on any atom is -0.490 e. The first-order valence-electron chi connectivity index (χ1n) is 8.72. The Labute approximate surface area is 143 Å². The monoisotopic (exact) mass is 329 g/mol. The second-order valence-corrected chi connectivity index (χ2v) is 6.72. The van der Waals surface area contributed by atoms with E-state index < -0.39 is 0 Å². The van der Waals surface area contributed by atoms with Crippen LogP contribution in [-0.2, 0) is 6.54 Å². The number of piperidine rings is 1. The van der Waals surface area contributed by atoms with E-state index in [1.165, 1.54) is 11.1 Å². The van der Waals surface area contributed by atoms with Crippen LogP contribution in [0.15, 0.2) is 36.7 Å². The lowest BCUT2D eigenvalue weighted by Gasteiger charge is -2.33. The lowest BCUT2D eigenvalue weighted by atomic mass is 10.1. The molecule has 1 atom stereocenters. The van der Waals surface area contributed by atoms with Gasteiger partial charge in [-0.25, -0.2) is 0 Å². The fourth-order valence-corrected chi connectivity index (χ4v) is 3.34. The van der Waals surface area contributed by atoms with Crippen LogP contribution >= 0.6 is 0 Å². The number of rotatable bonds is 6. The molecule has 1 aliphatic heterocycles. The van der Waals surface area contributed by atoms with Crippen molar-refractivity contribution in [3.63, 3.8) is 0 Å². The normalized spacial score (nSPS) is 17.8. The number of aromatic nitrogens is 2. The molecule has 0 bridgehead atoms. The number of ether oxygens (including phenoxy) is 1. The Hall–Kier alpha value is -1.85. The molecule has 1 unspecified atom stereocenters. The van der Waals surface area contributed by atoms with E-state index >= 15 is 0 Å². The third kappa shape index (κ3) is 4.36. The molecule has 1 aromatic carbocycles. The number of aliphatic hydroxyl groups excluding tert-OH is 1. The number of para-hydroxylation sites is 1. The van der Waals surface area contributed by atoms with E-state index in [1.54, 1.807) is 10.9 Å². The summed E-state index contributed by atoms with van der Waals surface area (Å²) in [5, 5.41) is 14.4. The van der Waals surface area contributed by atoms with E-state index in [1.807, 2.05) is 12.3 Å². The molecule has 0 amide bonds. The van der Waals surface area contributed by atoms with Gasteiger partial charge in [-0.1, -0.05) is 18.2 Å². The van der Waals surface area contributed by atoms with Gasteiger partial charge in [0.15, 0.2) is 0 Å². The number of likely N-dealkylation sites (tertiary alicyclic amines) is 1. The summed E-state index contributed by atoms with van der Waals surface area (Å²) in [5.41, 5.74) is 2.40. The van der Waals surface area contributed by atoms with Gasteiger partial charge in [0.05, 0.1) is 12.6 Å². The molecule has 130 valence electrons. The number of hydrogen-bond acceptors (Lipinski definition) is 4. The molecule has 0 spiro atoms. The Morgan fingerprint density at radius 3 is 2.50 bits per heavy atom. The van der Waals surface area contributed by atoms with Crippen LogP contribution in [0.5, 0.6) is 5.75 Å². The Morgan fingerprint density at radius 2 is 1.88 bits per heavy atom. The molecular formula is C19H27N3O2. The summed E-state index contributed by atoms with van der Waals surface area (Å²) in [6.07, 6.45) is 5.51. The molecule has 1 aliphatic rings. The quantitative estimate of drug-likeness (QED) is 0.884. The van der Waals surface area contributed by atoms with Gasteiger partial charge < -0.3 is 14.7 Å². The average Bonchev–Trinajstić information content (AvgIpc) is 3.05. The van der Waals surface area contributed by atoms with Crippen molar-refractivity contribution in [2.24, 2.45) is 0 Å². The van der Waals surface area contributed by atoms with Gasteiger partial charge >= 0.3 is 0 Å². The lowest BCUT2D eigenvalue weighted by Crippen LogP contribution is -2.42. The van der Waals surface area contributed by atoms with Gasteiger partial charge in [-0.3, -0.25) is 4.68 Å². The molecule has 2 aromatic rings. The van der Waals surface area contributed by atoms with Crippen LogP contribution in [0.2, 0.25) is 0 Å². The van der Waals surface area contributed by atoms with Crippen LogP contribution in [0.1, 0.15) is 24.0 Å². The Bertz CT molecular complexity index is 614. The fourth-order valence-electron chi connectivity index (χ4n) is 3.34. The average molecular weight is 329 g/mol. The van der Waals surface area contributed by atoms with Crippen molar-refractivity contribution >= 4 is 0 Å². The molecule has 1 aromatic heterocycles. The lowest BCUT2D eigenvalue weighted by molar-refractivity contribution is 0.0530. The zero-order chi connectivity index (χ0) is 16.9. The van der Waals surface area contributed by atoms with Gasteiger partial charge in [0.2, 0.25) is 0 Å². The molecule has 5 heteroatoms. The van der Waals surface area contributed by atoms with Crippen LogP contribution in [-0.4, -0.2) is 51.6 Å². The molecule has 1 saturated heterocycles. The van der Waals surface area contributed by atoms with Gasteiger partial charge in [-0.2, -0.15) is 5.10 Å². The maximum atomic E-state index is 10.2. The molecule has 5 nitrogen and oxygen atoms in total. The van der Waals surface area contributed by atoms with Gasteiger partial charge in [0.25, 0.3) is 0 Å². The maximum absolute atomic E-state index is 10.2. The van der Waals surface area contributed by atoms with E-state index in [9.17, 15) is 5.11 Å². The zero-order valence-corrected chi connectivity index (χ0v) is 14.6. The smallest absolute Gasteiger partial charge is 0.125 e. The van der Waals surface area contributed by atoms with Crippen LogP contribution in [0.3, 0.4) is 0 Å². The first kappa shape index (κ1) is 17.0. The van der Waals surface area contributed by atoms with Crippen molar-refractivity contribution in [2.45, 2.75) is 45.4 Å². The van der Waals surface area contributed by atoms with Gasteiger partial charge in [-0.05, 0) is 43.9 Å². The van der Waals surface area contributed by atoms with Crippen LogP contribution in [0, 0.1) is 13.8 Å². The second-order valence-electron chi connectivity index (χ2n) is 6.72. The molecule has 1 fully saturated rings. The summed E-state index contributed by atoms with van der Waals surface area (Å²) in [6, 6.07) is 8.15. The summed E-state index contributed by atoms with van der Waals surface area (Å²) < 4.78 is 8.03. The number of aryl methyl sites for hydroxylation is 2. The number of nitrogens with zero attached hydrogens (tertiary/aromatic N) is 3. The third-order valence-corrected chi connectivity index (χ3v) is 4.65. The highest BCUT2D eigenvalue weighted by atomic mass is 16.5. The Morgan fingerprint density at radius 1 is 1.17 bits per heavy atom. The van der Waals surface area contributed by atoms with Crippen molar-refractivity contribution in [3.8, 4) is 5.75 Å². The summed E-state index contributed by atoms with van der Waals surface area (Å²) in [4.78, 5) is 2.32. The highest BCUT2D eigenvalue weighted by Gasteiger charge is 2.23. The Balaban J connectivity index is 1.45. The number of β-amino-alcohol motifs (C(OH)–C–C–N with tert-alkyl or cyclic N) is 1. The van der Waals surface area contributed by atoms with Gasteiger partial charge in [-0.15, -0.1) is 0 Å². The largest absolute Gasteiger partial charge is 0.490 e. The number of aliphatic hydroxyl groups is 1. The SMILES string of the molecule is Cc1cccc(C)c1OC1CCN(CC(O)Cn2cccn2)CC1. The number of benzene rings is 1. The van der Waals surface area contributed by atoms with Crippen molar-refractivity contribution in [1.82, 2.24) is 14.7 Å². The highest BCUT2D eigenvalue weighted by molar-refractivity contribution is 5.39. The second kappa shape index (κ2) is 7.81. The summed E-state index contributed by atoms with van der Waals surface area (Å²) in [6.45, 7) is 7.37. The standard InChI is InChI=1S/C19H27N3O2/c1-15-5-3-6-16(2)19(15)24-18-7-11-21(12-8-18)13-17(23)14-22-10-4-9-20-22/h3-6,9-10,17-18,23H,7-8,11-14H2,1-2H3. The predicted molar refractivity (Wildman–Crippen MR) is 94.2 cm³/mol. The number of hydrogen-bond donors (Lipinski definition) is 1. The third-order valence-electron chi connectivity index (χ3n) is 4.65. The van der Waals surface area contributed by atoms with Crippen LogP contribution in [0.25, 0.3) is 0 Å². The van der Waals surface area contributed by atoms with E-state index in [0.29, 0.717) is 13.1 Å². The van der Waals surface area contributed by atoms with E-state index in [0.717, 1.165) is 31.7 Å². The molecule has 3 rings (SSSR count). The minimum atomic E-state index is -0.388. The van der Waals surface area contributed by atoms with E-state index in [-0.39, 0.29) is 12.2 Å². The molecule has 0 radical (unpaired) electrons. The first-order valence-corrected chi connectivity index (χ1v) is 8.72. The molecule has 24 heavy (non-hydrogen) atoms. The van der Waals surface area contributed by atoms with Crippen molar-refractivity contribution in [1.29, 1.82) is 0 Å². The summed E-state index contributed by atoms with van der Waals surface area (Å²) in [7, 11) is 0. The molecule has 1 N–H and O–H groups in total. The molecule has 2 heterocycles. The van der Waals surface area contributed by atoms with Crippen LogP contribution < -0.4 is 4.74 Å². The van der Waals surface area contributed by atoms with Crippen molar-refractivity contribution in [3.05, 3.63) is 47.8 Å². The predicted octanol–water partition coefficient (Wildman–Crippen LogP) is 2.40. The summed E-state index contributed by atoms with van der Waals surface area (Å²) >= 11 is 0. The highest BCUT2D eigenvalue weighted by Crippen LogP contribution is 2.26. The van der Waals surface area contributed by atoms with E-state index in [4.69, 9.17) is 4.74 Å². The van der Waals surface area contributed by atoms with Gasteiger partial charge in [0.1, 0.15) is 11.9 Å². The van der Waals surface area contributed by atoms with Gasteiger partial charge in [0, 0.05) is 32.0 Å². The molecular weight excluding hydrogens is 302 g/mol. The zero-order valence-electron chi connectivity index (χ0n) is 14.6.